The molecule has 0 saturated carbocycles. The van der Waals surface area contributed by atoms with Gasteiger partial charge < -0.3 is 42.1 Å². The molecule has 0 radical (unpaired) electrons. The van der Waals surface area contributed by atoms with Gasteiger partial charge in [-0.05, 0) is 30.9 Å². The first-order chi connectivity index (χ1) is 23.8. The van der Waals surface area contributed by atoms with E-state index in [-0.39, 0.29) is 5.91 Å². The van der Waals surface area contributed by atoms with Gasteiger partial charge in [0.05, 0.1) is 18.6 Å². The van der Waals surface area contributed by atoms with Gasteiger partial charge in [0.2, 0.25) is 17.7 Å². The standard InChI is InChI=1S/C15H21N3O5.C15H20N2O3S.C2HF3O2/c1-9(19)13(17-8-10-5-3-2-4-6-10)14(21)18-11(15(22)23)7-12(16)20;16-12(10-21-9-11-5-2-1-3-6-11)14(18)17-8-4-7-13(17)15(19)20;3-2(4,5)1(6)7/h2-6,9,11,13,17,19H,7-8H2,1H3,(H2,16,20)(H,18,21)(H,22,23);1-3,5-6,12-13H,4,7-10,16H2,(H,19,20);(H,6,7)/t;12?,13-;/m.0./s1. The second-order valence-electron chi connectivity index (χ2n) is 11.1. The maximum atomic E-state index is 12.2. The van der Waals surface area contributed by atoms with Gasteiger partial charge in [0, 0.05) is 24.6 Å². The van der Waals surface area contributed by atoms with Gasteiger partial charge in [-0.15, -0.1) is 0 Å². The molecule has 1 aliphatic heterocycles. The van der Waals surface area contributed by atoms with Crippen molar-refractivity contribution >= 4 is 47.4 Å². The molecular weight excluding hydrogens is 703 g/mol. The number of amides is 3. The Balaban J connectivity index is 0.000000431. The molecule has 10 N–H and O–H groups in total. The maximum absolute atomic E-state index is 12.2. The topological polar surface area (TPSA) is 263 Å². The molecule has 1 fully saturated rings. The number of benzene rings is 2. The molecule has 19 heteroatoms. The lowest BCUT2D eigenvalue weighted by atomic mass is 10.1. The number of halogens is 3. The van der Waals surface area contributed by atoms with E-state index in [4.69, 9.17) is 31.6 Å². The van der Waals surface area contributed by atoms with Crippen molar-refractivity contribution in [3.63, 3.8) is 0 Å². The van der Waals surface area contributed by atoms with Crippen LogP contribution < -0.4 is 22.1 Å². The van der Waals surface area contributed by atoms with Crippen molar-refractivity contribution in [2.45, 2.75) is 74.9 Å². The summed E-state index contributed by atoms with van der Waals surface area (Å²) in [4.78, 5) is 67.7. The van der Waals surface area contributed by atoms with Crippen LogP contribution in [-0.2, 0) is 41.1 Å². The summed E-state index contributed by atoms with van der Waals surface area (Å²) in [6, 6.07) is 15.4. The van der Waals surface area contributed by atoms with E-state index in [1.165, 1.54) is 17.4 Å². The zero-order valence-corrected chi connectivity index (χ0v) is 28.3. The van der Waals surface area contributed by atoms with Crippen molar-refractivity contribution in [2.24, 2.45) is 11.5 Å². The number of aliphatic hydroxyl groups is 1. The van der Waals surface area contributed by atoms with Crippen LogP contribution in [0.15, 0.2) is 60.7 Å². The van der Waals surface area contributed by atoms with Crippen LogP contribution in [-0.4, -0.2) is 110 Å². The summed E-state index contributed by atoms with van der Waals surface area (Å²) in [5, 5.41) is 40.0. The number of hydrogen-bond acceptors (Lipinski definition) is 10. The van der Waals surface area contributed by atoms with Gasteiger partial charge in [-0.25, -0.2) is 14.4 Å². The molecule has 0 bridgehead atoms. The number of thioether (sulfide) groups is 1. The molecule has 4 unspecified atom stereocenters. The molecule has 282 valence electrons. The number of aliphatic hydroxyl groups excluding tert-OH is 1. The summed E-state index contributed by atoms with van der Waals surface area (Å²) in [6.45, 7) is 2.22. The lowest BCUT2D eigenvalue weighted by Crippen LogP contribution is -2.54. The number of aliphatic carboxylic acids is 3. The molecule has 5 atom stereocenters. The van der Waals surface area contributed by atoms with Crippen LogP contribution in [0.25, 0.3) is 0 Å². The van der Waals surface area contributed by atoms with Crippen LogP contribution in [0, 0.1) is 0 Å². The van der Waals surface area contributed by atoms with Gasteiger partial charge in [-0.1, -0.05) is 60.7 Å². The highest BCUT2D eigenvalue weighted by atomic mass is 32.2. The smallest absolute Gasteiger partial charge is 0.480 e. The monoisotopic (exact) mass is 745 g/mol. The number of carbonyl (C=O) groups is 6. The Morgan fingerprint density at radius 1 is 0.961 bits per heavy atom. The third kappa shape index (κ3) is 17.2. The highest BCUT2D eigenvalue weighted by Gasteiger charge is 2.38. The van der Waals surface area contributed by atoms with Crippen LogP contribution in [0.3, 0.4) is 0 Å². The Hall–Kier alpha value is -4.72. The number of alkyl halides is 3. The quantitative estimate of drug-likeness (QED) is 0.126. The Morgan fingerprint density at radius 2 is 1.49 bits per heavy atom. The predicted molar refractivity (Wildman–Crippen MR) is 179 cm³/mol. The molecule has 2 aromatic carbocycles. The van der Waals surface area contributed by atoms with Crippen molar-refractivity contribution in [1.82, 2.24) is 15.5 Å². The molecule has 1 aliphatic rings. The summed E-state index contributed by atoms with van der Waals surface area (Å²) in [5.41, 5.74) is 13.0. The summed E-state index contributed by atoms with van der Waals surface area (Å²) in [7, 11) is 0. The third-order valence-electron chi connectivity index (χ3n) is 6.94. The van der Waals surface area contributed by atoms with Crippen molar-refractivity contribution in [3.8, 4) is 0 Å². The zero-order chi connectivity index (χ0) is 38.7. The number of rotatable bonds is 15. The molecule has 3 amide bonds. The van der Waals surface area contributed by atoms with E-state index >= 15 is 0 Å². The average molecular weight is 746 g/mol. The van der Waals surface area contributed by atoms with Crippen LogP contribution in [0.1, 0.15) is 37.3 Å². The number of carboxylic acid groups (broad SMARTS) is 3. The van der Waals surface area contributed by atoms with E-state index in [1.807, 2.05) is 60.7 Å². The van der Waals surface area contributed by atoms with Gasteiger partial charge in [-0.2, -0.15) is 24.9 Å². The van der Waals surface area contributed by atoms with Crippen LogP contribution in [0.5, 0.6) is 0 Å². The van der Waals surface area contributed by atoms with Crippen LogP contribution >= 0.6 is 11.8 Å². The number of carbonyl (C=O) groups excluding carboxylic acids is 3. The fraction of sp³-hybridized carbons (Fsp3) is 0.438. The van der Waals surface area contributed by atoms with Gasteiger partial charge in [0.15, 0.2) is 0 Å². The first-order valence-corrected chi connectivity index (χ1v) is 16.5. The molecule has 15 nitrogen and oxygen atoms in total. The Bertz CT molecular complexity index is 1440. The first-order valence-electron chi connectivity index (χ1n) is 15.3. The molecule has 51 heavy (non-hydrogen) atoms. The summed E-state index contributed by atoms with van der Waals surface area (Å²) >= 11 is 1.59. The fourth-order valence-electron chi connectivity index (χ4n) is 4.42. The number of carboxylic acids is 3. The summed E-state index contributed by atoms with van der Waals surface area (Å²) < 4.78 is 31.7. The minimum Gasteiger partial charge on any atom is -0.480 e. The number of nitrogens with two attached hydrogens (primary N) is 2. The molecule has 1 saturated heterocycles. The molecule has 0 aromatic heterocycles. The van der Waals surface area contributed by atoms with E-state index < -0.39 is 72.6 Å². The number of nitrogens with one attached hydrogen (secondary N) is 2. The van der Waals surface area contributed by atoms with E-state index in [2.05, 4.69) is 10.6 Å². The summed E-state index contributed by atoms with van der Waals surface area (Å²) in [6.07, 6.45) is -5.41. The molecule has 0 spiro atoms. The van der Waals surface area contributed by atoms with Crippen molar-refractivity contribution in [2.75, 3.05) is 12.3 Å². The third-order valence-corrected chi connectivity index (χ3v) is 8.08. The largest absolute Gasteiger partial charge is 0.490 e. The van der Waals surface area contributed by atoms with Gasteiger partial charge >= 0.3 is 24.1 Å². The normalized spacial score (nSPS) is 16.1. The Labute approximate surface area is 295 Å². The molecule has 3 rings (SSSR count). The SMILES string of the molecule is CC(O)C(NCc1ccccc1)C(=O)NC(CC(N)=O)C(=O)O.NC(CSCc1ccccc1)C(=O)N1CCC[C@H]1C(=O)O.O=C(O)C(F)(F)F. The number of likely N-dealkylation sites (tertiary alicyclic amines) is 1. The van der Waals surface area contributed by atoms with Crippen molar-refractivity contribution < 1.29 is 62.4 Å². The van der Waals surface area contributed by atoms with Crippen LogP contribution in [0.4, 0.5) is 13.2 Å². The maximum Gasteiger partial charge on any atom is 0.490 e. The Kier molecular flexibility index (Phi) is 19.3. The van der Waals surface area contributed by atoms with Crippen molar-refractivity contribution in [3.05, 3.63) is 71.8 Å². The molecule has 0 aliphatic carbocycles. The lowest BCUT2D eigenvalue weighted by molar-refractivity contribution is -0.192. The highest BCUT2D eigenvalue weighted by Crippen LogP contribution is 2.20. The second kappa shape index (κ2) is 22.2. The minimum absolute atomic E-state index is 0.250. The first kappa shape index (κ1) is 44.3. The van der Waals surface area contributed by atoms with Crippen molar-refractivity contribution in [1.29, 1.82) is 0 Å². The van der Waals surface area contributed by atoms with Gasteiger partial charge in [-0.3, -0.25) is 19.7 Å². The molecular formula is C32H42F3N5O10S. The zero-order valence-electron chi connectivity index (χ0n) is 27.5. The van der Waals surface area contributed by atoms with Gasteiger partial charge in [0.1, 0.15) is 18.1 Å². The number of hydrogen-bond donors (Lipinski definition) is 8. The average Bonchev–Trinajstić information content (AvgIpc) is 3.55. The van der Waals surface area contributed by atoms with Gasteiger partial charge in [0.25, 0.3) is 0 Å². The minimum atomic E-state index is -5.08. The van der Waals surface area contributed by atoms with Crippen LogP contribution in [0.2, 0.25) is 0 Å². The highest BCUT2D eigenvalue weighted by molar-refractivity contribution is 7.98. The Morgan fingerprint density at radius 3 is 1.94 bits per heavy atom. The lowest BCUT2D eigenvalue weighted by Gasteiger charge is -2.24. The van der Waals surface area contributed by atoms with E-state index in [0.29, 0.717) is 25.3 Å². The van der Waals surface area contributed by atoms with E-state index in [9.17, 15) is 42.3 Å². The fourth-order valence-corrected chi connectivity index (χ4v) is 5.36. The van der Waals surface area contributed by atoms with E-state index in [0.717, 1.165) is 17.7 Å². The second-order valence-corrected chi connectivity index (χ2v) is 12.1. The predicted octanol–water partition coefficient (Wildman–Crippen LogP) is 0.926. The molecule has 2 aromatic rings. The number of primary amides is 1. The molecule has 1 heterocycles. The number of nitrogens with zero attached hydrogens (tertiary/aromatic N) is 1. The summed E-state index contributed by atoms with van der Waals surface area (Å²) in [5.74, 6) is -5.59. The van der Waals surface area contributed by atoms with E-state index in [1.54, 1.807) is 11.8 Å².